The minimum atomic E-state index is -2.16. The Hall–Kier alpha value is -0.160. The third kappa shape index (κ3) is 5.68. The Morgan fingerprint density at radius 3 is 2.40 bits per heavy atom. The maximum absolute atomic E-state index is 12.2. The largest absolute Gasteiger partial charge is 1.00 e. The molecule has 0 radical (unpaired) electrons. The molecule has 0 unspecified atom stereocenters. The molecule has 0 aliphatic rings. The summed E-state index contributed by atoms with van der Waals surface area (Å²) < 4.78 is 28.6. The third-order valence-corrected chi connectivity index (χ3v) is 2.82. The van der Waals surface area contributed by atoms with Gasteiger partial charge in [0.25, 0.3) is 0 Å². The second-order valence-electron chi connectivity index (χ2n) is 5.19. The van der Waals surface area contributed by atoms with Crippen LogP contribution in [0, 0.1) is 13.5 Å². The summed E-state index contributed by atoms with van der Waals surface area (Å²) in [6, 6.07) is 5.71. The summed E-state index contributed by atoms with van der Waals surface area (Å²) >= 11 is 5.58. The summed E-state index contributed by atoms with van der Waals surface area (Å²) in [4.78, 5) is 4.14. The standard InChI is InChI=1S/C14H17ClF2NO.Na/c1-9-6-5-7-10(14(2,3)4)12(9)18-11(8-15)19-13(16)17;/h5-7H,8H2,1-4H3;/q-1;+1. The average molecular weight is 312 g/mol. The average Bonchev–Trinajstić information content (AvgIpc) is 2.28. The van der Waals surface area contributed by atoms with Gasteiger partial charge in [-0.2, -0.15) is 0 Å². The van der Waals surface area contributed by atoms with Crippen LogP contribution in [-0.4, -0.2) is 11.8 Å². The van der Waals surface area contributed by atoms with Gasteiger partial charge in [-0.25, -0.2) is 4.99 Å². The van der Waals surface area contributed by atoms with Crippen molar-refractivity contribution in [3.05, 3.63) is 35.9 Å². The van der Waals surface area contributed by atoms with E-state index in [0.29, 0.717) is 5.69 Å². The first-order valence-electron chi connectivity index (χ1n) is 5.85. The van der Waals surface area contributed by atoms with Crippen molar-refractivity contribution >= 4 is 23.2 Å². The van der Waals surface area contributed by atoms with E-state index in [1.54, 1.807) is 0 Å². The molecule has 1 aromatic rings. The normalized spacial score (nSPS) is 12.3. The van der Waals surface area contributed by atoms with Crippen LogP contribution in [0.15, 0.2) is 23.2 Å². The molecule has 6 heteroatoms. The minimum Gasteiger partial charge on any atom is -0.588 e. The summed E-state index contributed by atoms with van der Waals surface area (Å²) in [5, 5.41) is 0. The fraction of sp³-hybridized carbons (Fsp3) is 0.429. The molecule has 0 heterocycles. The van der Waals surface area contributed by atoms with Gasteiger partial charge in [-0.3, -0.25) is 0 Å². The molecule has 0 atom stereocenters. The summed E-state index contributed by atoms with van der Waals surface area (Å²) in [7, 11) is 0. The fourth-order valence-corrected chi connectivity index (χ4v) is 1.82. The maximum Gasteiger partial charge on any atom is 1.00 e. The number of para-hydroxylation sites is 1. The number of aliphatic imine (C=N–C) groups is 1. The summed E-state index contributed by atoms with van der Waals surface area (Å²) in [6.45, 7) is 5.80. The quantitative estimate of drug-likeness (QED) is 0.275. The number of ether oxygens (including phenoxy) is 1. The summed E-state index contributed by atoms with van der Waals surface area (Å²) in [6.07, 6.45) is 0. The van der Waals surface area contributed by atoms with Gasteiger partial charge < -0.3 is 13.5 Å². The second kappa shape index (κ2) is 8.32. The minimum absolute atomic E-state index is 0. The van der Waals surface area contributed by atoms with Gasteiger partial charge in [0.15, 0.2) is 12.5 Å². The fourth-order valence-electron chi connectivity index (χ4n) is 1.71. The Balaban J connectivity index is 0.00000361. The van der Waals surface area contributed by atoms with Gasteiger partial charge in [0.2, 0.25) is 0 Å². The number of nitrogens with zero attached hydrogens (tertiary/aromatic N) is 1. The number of benzene rings is 1. The topological polar surface area (TPSA) is 21.6 Å². The first-order valence-corrected chi connectivity index (χ1v) is 6.38. The van der Waals surface area contributed by atoms with Gasteiger partial charge in [-0.05, 0) is 23.5 Å². The van der Waals surface area contributed by atoms with Crippen LogP contribution >= 0.6 is 11.6 Å². The van der Waals surface area contributed by atoms with Crippen molar-refractivity contribution in [2.24, 2.45) is 4.99 Å². The molecule has 0 fully saturated rings. The van der Waals surface area contributed by atoms with Crippen molar-refractivity contribution < 1.29 is 43.1 Å². The van der Waals surface area contributed by atoms with Gasteiger partial charge in [-0.1, -0.05) is 39.0 Å². The molecule has 0 aliphatic carbocycles. The Bertz CT molecular complexity index is 473. The summed E-state index contributed by atoms with van der Waals surface area (Å²) in [5.74, 6) is -0.420. The van der Waals surface area contributed by atoms with Crippen molar-refractivity contribution in [2.45, 2.75) is 33.1 Å². The van der Waals surface area contributed by atoms with E-state index in [1.165, 1.54) is 0 Å². The van der Waals surface area contributed by atoms with Crippen LogP contribution in [0.4, 0.5) is 14.5 Å². The zero-order chi connectivity index (χ0) is 14.6. The molecule has 2 nitrogen and oxygen atoms in total. The Labute approximate surface area is 145 Å². The van der Waals surface area contributed by atoms with Crippen molar-refractivity contribution in [1.82, 2.24) is 0 Å². The monoisotopic (exact) mass is 311 g/mol. The molecular weight excluding hydrogens is 295 g/mol. The molecule has 20 heavy (non-hydrogen) atoms. The molecule has 0 saturated carbocycles. The Morgan fingerprint density at radius 2 is 1.95 bits per heavy atom. The van der Waals surface area contributed by atoms with E-state index >= 15 is 0 Å². The van der Waals surface area contributed by atoms with Gasteiger partial charge in [-0.15, -0.1) is 11.6 Å². The Kier molecular flexibility index (Phi) is 8.26. The number of hydrogen-bond acceptors (Lipinski definition) is 2. The van der Waals surface area contributed by atoms with Gasteiger partial charge in [0.1, 0.15) is 0 Å². The van der Waals surface area contributed by atoms with Crippen LogP contribution in [-0.2, 0) is 10.2 Å². The molecule has 0 bridgehead atoms. The van der Waals surface area contributed by atoms with Crippen LogP contribution in [0.3, 0.4) is 0 Å². The zero-order valence-electron chi connectivity index (χ0n) is 12.4. The van der Waals surface area contributed by atoms with E-state index in [4.69, 9.17) is 11.6 Å². The van der Waals surface area contributed by atoms with E-state index in [-0.39, 0.29) is 46.8 Å². The number of hydrogen-bond donors (Lipinski definition) is 0. The van der Waals surface area contributed by atoms with E-state index < -0.39 is 6.61 Å². The van der Waals surface area contributed by atoms with E-state index in [9.17, 15) is 8.78 Å². The molecule has 0 amide bonds. The van der Waals surface area contributed by atoms with Gasteiger partial charge >= 0.3 is 29.6 Å². The van der Waals surface area contributed by atoms with Crippen LogP contribution in [0.25, 0.3) is 0 Å². The number of aryl methyl sites for hydroxylation is 1. The molecule has 106 valence electrons. The molecule has 0 saturated heterocycles. The maximum atomic E-state index is 12.2. The number of alkyl halides is 1. The smallest absolute Gasteiger partial charge is 0.588 e. The van der Waals surface area contributed by atoms with Gasteiger partial charge in [0.05, 0.1) is 11.6 Å². The van der Waals surface area contributed by atoms with Gasteiger partial charge in [0, 0.05) is 0 Å². The Morgan fingerprint density at radius 1 is 1.35 bits per heavy atom. The van der Waals surface area contributed by atoms with Crippen molar-refractivity contribution in [3.63, 3.8) is 0 Å². The van der Waals surface area contributed by atoms with E-state index in [0.717, 1.165) is 11.1 Å². The first-order chi connectivity index (χ1) is 8.75. The molecule has 0 aliphatic heterocycles. The molecule has 1 rings (SSSR count). The van der Waals surface area contributed by atoms with E-state index in [1.807, 2.05) is 45.9 Å². The van der Waals surface area contributed by atoms with E-state index in [2.05, 4.69) is 9.73 Å². The molecule has 0 aromatic heterocycles. The zero-order valence-corrected chi connectivity index (χ0v) is 15.2. The van der Waals surface area contributed by atoms with Crippen LogP contribution in [0.5, 0.6) is 0 Å². The second-order valence-corrected chi connectivity index (χ2v) is 5.46. The van der Waals surface area contributed by atoms with Crippen molar-refractivity contribution in [3.8, 4) is 0 Å². The molecular formula is C14H17ClF2NNaO. The predicted molar refractivity (Wildman–Crippen MR) is 74.2 cm³/mol. The number of halogens is 3. The van der Waals surface area contributed by atoms with Crippen molar-refractivity contribution in [2.75, 3.05) is 5.88 Å². The number of rotatable bonds is 3. The van der Waals surface area contributed by atoms with Crippen LogP contribution in [0.1, 0.15) is 31.9 Å². The first kappa shape index (κ1) is 19.8. The summed E-state index contributed by atoms with van der Waals surface area (Å²) in [5.41, 5.74) is 2.32. The van der Waals surface area contributed by atoms with Crippen LogP contribution < -0.4 is 29.6 Å². The van der Waals surface area contributed by atoms with Crippen LogP contribution in [0.2, 0.25) is 0 Å². The molecule has 0 spiro atoms. The predicted octanol–water partition coefficient (Wildman–Crippen LogP) is 1.97. The SMILES string of the molecule is Cc1cccc(C(C)(C)C)c1N=C(CCl)O[C-](F)F.[Na+]. The van der Waals surface area contributed by atoms with Crippen molar-refractivity contribution in [1.29, 1.82) is 0 Å². The molecule has 0 N–H and O–H groups in total. The third-order valence-electron chi connectivity index (χ3n) is 2.59. The molecule has 1 aromatic carbocycles.